The summed E-state index contributed by atoms with van der Waals surface area (Å²) in [5, 5.41) is 3.68. The van der Waals surface area contributed by atoms with E-state index in [4.69, 9.17) is 32.7 Å². The molecule has 4 aromatic carbocycles. The van der Waals surface area contributed by atoms with Gasteiger partial charge in [-0.2, -0.15) is 0 Å². The molecule has 1 atom stereocenters. The van der Waals surface area contributed by atoms with Crippen molar-refractivity contribution >= 4 is 50.5 Å². The van der Waals surface area contributed by atoms with Gasteiger partial charge >= 0.3 is 0 Å². The molecule has 218 valence electrons. The van der Waals surface area contributed by atoms with Crippen molar-refractivity contribution in [2.24, 2.45) is 0 Å². The number of ether oxygens (including phenoxy) is 2. The molecule has 1 saturated heterocycles. The van der Waals surface area contributed by atoms with Crippen molar-refractivity contribution in [2.45, 2.75) is 17.9 Å². The van der Waals surface area contributed by atoms with Crippen molar-refractivity contribution in [2.75, 3.05) is 35.9 Å². The molecule has 1 aliphatic rings. The monoisotopic (exact) mass is 625 g/mol. The third-order valence-corrected chi connectivity index (χ3v) is 8.71. The number of anilines is 2. The summed E-state index contributed by atoms with van der Waals surface area (Å²) < 4.78 is 40.2. The van der Waals surface area contributed by atoms with Crippen LogP contribution in [0.4, 0.5) is 11.4 Å². The lowest BCUT2D eigenvalue weighted by molar-refractivity contribution is 0.0940. The number of nitrogens with zero attached hydrogens (tertiary/aromatic N) is 1. The summed E-state index contributed by atoms with van der Waals surface area (Å²) in [6.07, 6.45) is 0. The second-order valence-corrected chi connectivity index (χ2v) is 12.2. The smallest absolute Gasteiger partial charge is 0.261 e. The van der Waals surface area contributed by atoms with E-state index in [0.717, 1.165) is 24.3 Å². The Morgan fingerprint density at radius 3 is 2.31 bits per heavy atom. The molecule has 5 rings (SSSR count). The Hall–Kier alpha value is -3.76. The van der Waals surface area contributed by atoms with Crippen molar-refractivity contribution in [3.63, 3.8) is 0 Å². The minimum atomic E-state index is -4.04. The Kier molecular flexibility index (Phi) is 9.23. The van der Waals surface area contributed by atoms with E-state index in [9.17, 15) is 13.2 Å². The van der Waals surface area contributed by atoms with Gasteiger partial charge in [-0.05, 0) is 79.2 Å². The molecule has 0 aliphatic carbocycles. The number of hydrogen-bond donors (Lipinski definition) is 2. The van der Waals surface area contributed by atoms with Gasteiger partial charge in [-0.25, -0.2) is 8.42 Å². The van der Waals surface area contributed by atoms with E-state index in [2.05, 4.69) is 14.9 Å². The third kappa shape index (κ3) is 7.17. The Morgan fingerprint density at radius 1 is 0.929 bits per heavy atom. The molecule has 0 spiro atoms. The van der Waals surface area contributed by atoms with Crippen LogP contribution in [0, 0.1) is 0 Å². The van der Waals surface area contributed by atoms with Gasteiger partial charge in [0.25, 0.3) is 15.9 Å². The van der Waals surface area contributed by atoms with E-state index in [0.29, 0.717) is 34.8 Å². The Morgan fingerprint density at radius 2 is 1.62 bits per heavy atom. The highest BCUT2D eigenvalue weighted by Gasteiger charge is 2.21. The molecule has 2 N–H and O–H groups in total. The summed E-state index contributed by atoms with van der Waals surface area (Å²) in [4.78, 5) is 15.6. The molecule has 4 aromatic rings. The fourth-order valence-corrected chi connectivity index (χ4v) is 5.92. The molecule has 11 heteroatoms. The van der Waals surface area contributed by atoms with Crippen LogP contribution in [-0.4, -0.2) is 40.6 Å². The number of halogens is 2. The first-order valence-corrected chi connectivity index (χ1v) is 15.5. The second-order valence-electron chi connectivity index (χ2n) is 9.69. The van der Waals surface area contributed by atoms with Crippen molar-refractivity contribution in [1.29, 1.82) is 0 Å². The van der Waals surface area contributed by atoms with Gasteiger partial charge in [-0.15, -0.1) is 0 Å². The maximum absolute atomic E-state index is 13.3. The first-order chi connectivity index (χ1) is 20.2. The van der Waals surface area contributed by atoms with Crippen LogP contribution < -0.4 is 19.7 Å². The second kappa shape index (κ2) is 13.0. The molecule has 0 radical (unpaired) electrons. The molecule has 1 aliphatic heterocycles. The number of para-hydroxylation sites is 1. The van der Waals surface area contributed by atoms with E-state index in [1.165, 1.54) is 42.5 Å². The summed E-state index contributed by atoms with van der Waals surface area (Å²) >= 11 is 12.3. The first-order valence-electron chi connectivity index (χ1n) is 13.3. The molecule has 0 bridgehead atoms. The highest BCUT2D eigenvalue weighted by atomic mass is 35.5. The quantitative estimate of drug-likeness (QED) is 0.210. The Bertz CT molecular complexity index is 1660. The van der Waals surface area contributed by atoms with E-state index in [-0.39, 0.29) is 22.2 Å². The molecule has 1 fully saturated rings. The average Bonchev–Trinajstić information content (AvgIpc) is 3.00. The van der Waals surface area contributed by atoms with Gasteiger partial charge < -0.3 is 19.7 Å². The number of carbonyl (C=O) groups excluding carboxylic acids is 1. The van der Waals surface area contributed by atoms with Crippen LogP contribution in [0.5, 0.6) is 11.5 Å². The van der Waals surface area contributed by atoms with Crippen molar-refractivity contribution in [3.8, 4) is 11.5 Å². The molecule has 1 heterocycles. The molecular formula is C31H29Cl2N3O5S. The predicted molar refractivity (Wildman–Crippen MR) is 166 cm³/mol. The van der Waals surface area contributed by atoms with Gasteiger partial charge in [0.2, 0.25) is 0 Å². The standard InChI is InChI=1S/C31H29Cl2N3O5S/c1-21(22-6-9-24(10-7-22)36-16-18-40-19-17-36)34-31(37)27-20-23(32)8-15-29(27)35-42(38,39)26-13-11-25(12-14-26)41-30-5-3-2-4-28(30)33/h2-15,20-21,35H,16-19H2,1H3,(H,34,37)/t21-/m0/s1. The number of sulfonamides is 1. The zero-order chi connectivity index (χ0) is 29.7. The highest BCUT2D eigenvalue weighted by molar-refractivity contribution is 7.92. The fraction of sp³-hybridized carbons (Fsp3) is 0.194. The van der Waals surface area contributed by atoms with Gasteiger partial charge in [0, 0.05) is 23.8 Å². The minimum Gasteiger partial charge on any atom is -0.456 e. The number of benzene rings is 4. The van der Waals surface area contributed by atoms with Gasteiger partial charge in [-0.3, -0.25) is 9.52 Å². The van der Waals surface area contributed by atoms with E-state index in [1.807, 2.05) is 31.2 Å². The van der Waals surface area contributed by atoms with Gasteiger partial charge in [-0.1, -0.05) is 47.5 Å². The van der Waals surface area contributed by atoms with Gasteiger partial charge in [0.1, 0.15) is 11.5 Å². The van der Waals surface area contributed by atoms with Crippen LogP contribution in [0.15, 0.2) is 95.9 Å². The van der Waals surface area contributed by atoms with E-state index in [1.54, 1.807) is 24.3 Å². The van der Waals surface area contributed by atoms with Crippen molar-refractivity contribution < 1.29 is 22.7 Å². The molecule has 0 aromatic heterocycles. The minimum absolute atomic E-state index is 0.0101. The highest BCUT2D eigenvalue weighted by Crippen LogP contribution is 2.30. The zero-order valence-electron chi connectivity index (χ0n) is 22.7. The number of hydrogen-bond acceptors (Lipinski definition) is 6. The maximum atomic E-state index is 13.3. The number of nitrogens with one attached hydrogen (secondary N) is 2. The Labute approximate surface area is 255 Å². The molecule has 42 heavy (non-hydrogen) atoms. The molecule has 1 amide bonds. The zero-order valence-corrected chi connectivity index (χ0v) is 25.0. The maximum Gasteiger partial charge on any atom is 0.261 e. The third-order valence-electron chi connectivity index (χ3n) is 6.79. The number of amides is 1. The van der Waals surface area contributed by atoms with E-state index >= 15 is 0 Å². The Balaban J connectivity index is 1.28. The molecule has 0 saturated carbocycles. The van der Waals surface area contributed by atoms with Crippen LogP contribution in [-0.2, 0) is 14.8 Å². The van der Waals surface area contributed by atoms with Crippen LogP contribution in [0.25, 0.3) is 0 Å². The summed E-state index contributed by atoms with van der Waals surface area (Å²) in [5.41, 5.74) is 2.20. The largest absolute Gasteiger partial charge is 0.456 e. The summed E-state index contributed by atoms with van der Waals surface area (Å²) in [7, 11) is -4.04. The van der Waals surface area contributed by atoms with Crippen LogP contribution in [0.1, 0.15) is 28.9 Å². The lowest BCUT2D eigenvalue weighted by Crippen LogP contribution is -2.36. The van der Waals surface area contributed by atoms with Crippen molar-refractivity contribution in [1.82, 2.24) is 5.32 Å². The molecular weight excluding hydrogens is 597 g/mol. The normalized spacial score (nSPS) is 14.2. The lowest BCUT2D eigenvalue weighted by Gasteiger charge is -2.29. The van der Waals surface area contributed by atoms with Crippen LogP contribution >= 0.6 is 23.2 Å². The number of morpholine rings is 1. The number of carbonyl (C=O) groups is 1. The predicted octanol–water partition coefficient (Wildman–Crippen LogP) is 6.91. The summed E-state index contributed by atoms with van der Waals surface area (Å²) in [6, 6.07) is 24.9. The van der Waals surface area contributed by atoms with Crippen LogP contribution in [0.3, 0.4) is 0 Å². The van der Waals surface area contributed by atoms with Crippen LogP contribution in [0.2, 0.25) is 10.0 Å². The lowest BCUT2D eigenvalue weighted by atomic mass is 10.1. The SMILES string of the molecule is C[C@H](NC(=O)c1cc(Cl)ccc1NS(=O)(=O)c1ccc(Oc2ccccc2Cl)cc1)c1ccc(N2CCOCC2)cc1. The van der Waals surface area contributed by atoms with Gasteiger partial charge in [0.15, 0.2) is 0 Å². The van der Waals surface area contributed by atoms with Crippen molar-refractivity contribution in [3.05, 3.63) is 112 Å². The molecule has 8 nitrogen and oxygen atoms in total. The van der Waals surface area contributed by atoms with E-state index < -0.39 is 15.9 Å². The first kappa shape index (κ1) is 29.7. The fourth-order valence-electron chi connectivity index (χ4n) is 4.49. The summed E-state index contributed by atoms with van der Waals surface area (Å²) in [6.45, 7) is 4.92. The summed E-state index contributed by atoms with van der Waals surface area (Å²) in [5.74, 6) is 0.399. The van der Waals surface area contributed by atoms with Gasteiger partial charge in [0.05, 0.1) is 40.4 Å². The average molecular weight is 627 g/mol. The number of rotatable bonds is 9. The topological polar surface area (TPSA) is 97.0 Å². The molecule has 0 unspecified atom stereocenters.